The van der Waals surface area contributed by atoms with Crippen LogP contribution in [-0.2, 0) is 19.3 Å². The van der Waals surface area contributed by atoms with E-state index in [1.165, 1.54) is 23.0 Å². The van der Waals surface area contributed by atoms with E-state index in [2.05, 4.69) is 5.10 Å². The first kappa shape index (κ1) is 24.9. The minimum absolute atomic E-state index is 0.0452. The topological polar surface area (TPSA) is 86.0 Å². The molecule has 1 amide bonds. The maximum atomic E-state index is 13.9. The van der Waals surface area contributed by atoms with Crippen molar-refractivity contribution in [1.82, 2.24) is 14.7 Å². The number of amides is 1. The lowest BCUT2D eigenvalue weighted by molar-refractivity contribution is -0.141. The summed E-state index contributed by atoms with van der Waals surface area (Å²) in [4.78, 5) is 15.6. The van der Waals surface area contributed by atoms with Crippen molar-refractivity contribution < 1.29 is 37.3 Å². The number of hydrogen-bond acceptors (Lipinski definition) is 6. The fraction of sp³-hybridized carbons (Fsp3) is 0.385. The van der Waals surface area contributed by atoms with Crippen molar-refractivity contribution in [2.24, 2.45) is 0 Å². The van der Waals surface area contributed by atoms with Gasteiger partial charge in [-0.25, -0.2) is 0 Å². The summed E-state index contributed by atoms with van der Waals surface area (Å²) in [5, 5.41) is 13.6. The van der Waals surface area contributed by atoms with Gasteiger partial charge in [0.25, 0.3) is 5.91 Å². The summed E-state index contributed by atoms with van der Waals surface area (Å²) in [6.07, 6.45) is -2.91. The molecule has 2 aromatic carbocycles. The van der Waals surface area contributed by atoms with E-state index in [-0.39, 0.29) is 48.2 Å². The smallest absolute Gasteiger partial charge is 0.435 e. The Labute approximate surface area is 211 Å². The standard InChI is InChI=1S/C26H26F3N3O5/c1-3-31-13-20(24(30-31)26(27,28)29)17-10-15(14-33)11-19-23(17)37-9-7-32(25(19)34)21-6-8-36-22-5-4-16(35-2)12-18(21)22/h4-5,10-13,21,33H,3,6-9,14H2,1-2H3/t21-/m0/s1. The molecule has 196 valence electrons. The van der Waals surface area contributed by atoms with Crippen LogP contribution in [0.3, 0.4) is 0 Å². The van der Waals surface area contributed by atoms with Crippen LogP contribution >= 0.6 is 0 Å². The van der Waals surface area contributed by atoms with Crippen LogP contribution in [0.5, 0.6) is 17.2 Å². The van der Waals surface area contributed by atoms with E-state index >= 15 is 0 Å². The highest BCUT2D eigenvalue weighted by molar-refractivity contribution is 6.00. The summed E-state index contributed by atoms with van der Waals surface area (Å²) in [6.45, 7) is 2.13. The lowest BCUT2D eigenvalue weighted by Crippen LogP contribution is -2.38. The molecule has 8 nitrogen and oxygen atoms in total. The number of aromatic nitrogens is 2. The average molecular weight is 518 g/mol. The zero-order chi connectivity index (χ0) is 26.3. The predicted octanol–water partition coefficient (Wildman–Crippen LogP) is 4.45. The van der Waals surface area contributed by atoms with E-state index in [1.54, 1.807) is 31.1 Å². The first-order chi connectivity index (χ1) is 17.7. The molecule has 0 fully saturated rings. The summed E-state index contributed by atoms with van der Waals surface area (Å²) in [7, 11) is 1.55. The van der Waals surface area contributed by atoms with Gasteiger partial charge in [0.05, 0.1) is 38.5 Å². The highest BCUT2D eigenvalue weighted by Crippen LogP contribution is 2.45. The maximum absolute atomic E-state index is 13.9. The lowest BCUT2D eigenvalue weighted by Gasteiger charge is -2.35. The summed E-state index contributed by atoms with van der Waals surface area (Å²) in [6, 6.07) is 7.93. The molecule has 0 aliphatic carbocycles. The van der Waals surface area contributed by atoms with Gasteiger partial charge in [-0.3, -0.25) is 9.48 Å². The zero-order valence-corrected chi connectivity index (χ0v) is 20.3. The predicted molar refractivity (Wildman–Crippen MR) is 127 cm³/mol. The maximum Gasteiger partial charge on any atom is 0.435 e. The quantitative estimate of drug-likeness (QED) is 0.539. The molecule has 1 atom stereocenters. The molecule has 1 aromatic heterocycles. The molecule has 2 aliphatic rings. The number of nitrogens with zero attached hydrogens (tertiary/aromatic N) is 3. The number of fused-ring (bicyclic) bond motifs is 2. The van der Waals surface area contributed by atoms with Crippen LogP contribution in [-0.4, -0.2) is 52.6 Å². The number of alkyl halides is 3. The van der Waals surface area contributed by atoms with Crippen molar-refractivity contribution >= 4 is 5.91 Å². The molecule has 0 saturated carbocycles. The molecule has 0 unspecified atom stereocenters. The van der Waals surface area contributed by atoms with Crippen molar-refractivity contribution in [3.8, 4) is 28.4 Å². The third-order valence-corrected chi connectivity index (χ3v) is 6.65. The fourth-order valence-corrected chi connectivity index (χ4v) is 4.89. The second-order valence-corrected chi connectivity index (χ2v) is 8.83. The average Bonchev–Trinajstić information content (AvgIpc) is 3.28. The molecule has 0 bridgehead atoms. The summed E-state index contributed by atoms with van der Waals surface area (Å²) >= 11 is 0. The zero-order valence-electron chi connectivity index (χ0n) is 20.3. The molecule has 0 saturated heterocycles. The largest absolute Gasteiger partial charge is 0.497 e. The molecule has 2 aliphatic heterocycles. The molecular formula is C26H26F3N3O5. The Bertz CT molecular complexity index is 1340. The number of aliphatic hydroxyl groups is 1. The Morgan fingerprint density at radius 2 is 1.92 bits per heavy atom. The number of hydrogen-bond donors (Lipinski definition) is 1. The van der Waals surface area contributed by atoms with Gasteiger partial charge in [-0.1, -0.05) is 0 Å². The highest BCUT2D eigenvalue weighted by atomic mass is 19.4. The van der Waals surface area contributed by atoms with Crippen molar-refractivity contribution in [2.45, 2.75) is 38.7 Å². The number of ether oxygens (including phenoxy) is 3. The van der Waals surface area contributed by atoms with E-state index in [9.17, 15) is 23.1 Å². The van der Waals surface area contributed by atoms with E-state index in [1.807, 2.05) is 6.07 Å². The Balaban J connectivity index is 1.63. The van der Waals surface area contributed by atoms with Crippen molar-refractivity contribution in [2.75, 3.05) is 26.9 Å². The van der Waals surface area contributed by atoms with Gasteiger partial charge in [0.15, 0.2) is 5.69 Å². The van der Waals surface area contributed by atoms with Gasteiger partial charge in [0, 0.05) is 35.9 Å². The number of carbonyl (C=O) groups excluding carboxylic acids is 1. The molecule has 37 heavy (non-hydrogen) atoms. The van der Waals surface area contributed by atoms with Gasteiger partial charge in [0.2, 0.25) is 0 Å². The molecule has 3 heterocycles. The van der Waals surface area contributed by atoms with Gasteiger partial charge in [-0.2, -0.15) is 18.3 Å². The van der Waals surface area contributed by atoms with Crippen LogP contribution in [0.1, 0.15) is 46.6 Å². The van der Waals surface area contributed by atoms with Crippen molar-refractivity contribution in [3.63, 3.8) is 0 Å². The molecule has 0 spiro atoms. The number of halogens is 3. The van der Waals surface area contributed by atoms with E-state index in [4.69, 9.17) is 14.2 Å². The number of aryl methyl sites for hydroxylation is 1. The van der Waals surface area contributed by atoms with E-state index in [0.717, 1.165) is 5.56 Å². The fourth-order valence-electron chi connectivity index (χ4n) is 4.89. The van der Waals surface area contributed by atoms with Gasteiger partial charge < -0.3 is 24.2 Å². The Kier molecular flexibility index (Phi) is 6.49. The SMILES string of the molecule is CCn1cc(-c2cc(CO)cc3c2OCCN([C@H]2CCOc4ccc(OC)cc42)C3=O)c(C(F)(F)F)n1. The van der Waals surface area contributed by atoms with Crippen molar-refractivity contribution in [1.29, 1.82) is 0 Å². The molecule has 1 N–H and O–H groups in total. The highest BCUT2D eigenvalue weighted by Gasteiger charge is 2.40. The molecule has 0 radical (unpaired) electrons. The van der Waals surface area contributed by atoms with Gasteiger partial charge >= 0.3 is 6.18 Å². The Hall–Kier alpha value is -3.73. The molecule has 5 rings (SSSR count). The first-order valence-electron chi connectivity index (χ1n) is 11.9. The van der Waals surface area contributed by atoms with Gasteiger partial charge in [0.1, 0.15) is 23.9 Å². The summed E-state index contributed by atoms with van der Waals surface area (Å²) < 4.78 is 60.0. The van der Waals surface area contributed by atoms with Gasteiger partial charge in [-0.15, -0.1) is 0 Å². The van der Waals surface area contributed by atoms with Crippen LogP contribution in [0.15, 0.2) is 36.5 Å². The third-order valence-electron chi connectivity index (χ3n) is 6.65. The van der Waals surface area contributed by atoms with Crippen molar-refractivity contribution in [3.05, 3.63) is 58.9 Å². The number of carbonyl (C=O) groups is 1. The molecule has 11 heteroatoms. The minimum Gasteiger partial charge on any atom is -0.497 e. The Morgan fingerprint density at radius 3 is 2.62 bits per heavy atom. The lowest BCUT2D eigenvalue weighted by atomic mass is 9.95. The summed E-state index contributed by atoms with van der Waals surface area (Å²) in [5.41, 5.74) is -0.0498. The van der Waals surface area contributed by atoms with Crippen LogP contribution in [0.25, 0.3) is 11.1 Å². The number of aliphatic hydroxyl groups excluding tert-OH is 1. The van der Waals surface area contributed by atoms with Crippen LogP contribution in [0, 0.1) is 0 Å². The third kappa shape index (κ3) is 4.48. The second-order valence-electron chi connectivity index (χ2n) is 8.83. The van der Waals surface area contributed by atoms with Gasteiger partial charge in [-0.05, 0) is 42.8 Å². The second kappa shape index (κ2) is 9.62. The minimum atomic E-state index is -4.72. The number of methoxy groups -OCH3 is 1. The normalized spacial score (nSPS) is 17.4. The monoisotopic (exact) mass is 517 g/mol. The van der Waals surface area contributed by atoms with Crippen LogP contribution in [0.2, 0.25) is 0 Å². The molecule has 3 aromatic rings. The van der Waals surface area contributed by atoms with E-state index < -0.39 is 24.4 Å². The first-order valence-corrected chi connectivity index (χ1v) is 11.9. The van der Waals surface area contributed by atoms with E-state index in [0.29, 0.717) is 30.1 Å². The summed E-state index contributed by atoms with van der Waals surface area (Å²) in [5.74, 6) is 0.900. The Morgan fingerprint density at radius 1 is 1.14 bits per heavy atom. The number of benzene rings is 2. The number of rotatable bonds is 5. The van der Waals surface area contributed by atoms with Crippen LogP contribution in [0.4, 0.5) is 13.2 Å². The van der Waals surface area contributed by atoms with Crippen LogP contribution < -0.4 is 14.2 Å². The molecular weight excluding hydrogens is 491 g/mol.